The van der Waals surface area contributed by atoms with Crippen LogP contribution in [0.25, 0.3) is 0 Å². The number of nitro groups is 1. The van der Waals surface area contributed by atoms with Gasteiger partial charge in [0.1, 0.15) is 17.8 Å². The third-order valence-corrected chi connectivity index (χ3v) is 5.33. The lowest BCUT2D eigenvalue weighted by molar-refractivity contribution is -0.384. The number of urea groups is 1. The maximum absolute atomic E-state index is 12.9. The molecule has 2 N–H and O–H groups in total. The first kappa shape index (κ1) is 21.3. The van der Waals surface area contributed by atoms with Gasteiger partial charge in [-0.2, -0.15) is 0 Å². The lowest BCUT2D eigenvalue weighted by atomic mass is 9.92. The van der Waals surface area contributed by atoms with Crippen LogP contribution in [0.4, 0.5) is 16.2 Å². The van der Waals surface area contributed by atoms with Gasteiger partial charge in [-0.15, -0.1) is 0 Å². The van der Waals surface area contributed by atoms with Crippen molar-refractivity contribution in [2.45, 2.75) is 26.3 Å². The molecule has 1 aliphatic heterocycles. The molecule has 0 saturated carbocycles. The SMILES string of the molecule is Cc1cc(NC(=O)CN2C(=O)NC(C)(c3ccc(Cl)cc3)C2=O)c([N+](=O)[O-])cc1C. The number of benzene rings is 2. The van der Waals surface area contributed by atoms with E-state index in [-0.39, 0.29) is 11.4 Å². The molecule has 9 nitrogen and oxygen atoms in total. The number of anilines is 1. The number of hydrogen-bond acceptors (Lipinski definition) is 5. The molecule has 0 aliphatic carbocycles. The van der Waals surface area contributed by atoms with Crippen molar-refractivity contribution in [3.8, 4) is 0 Å². The Bertz CT molecular complexity index is 1070. The maximum Gasteiger partial charge on any atom is 0.325 e. The van der Waals surface area contributed by atoms with Crippen LogP contribution in [0, 0.1) is 24.0 Å². The lowest BCUT2D eigenvalue weighted by Gasteiger charge is -2.22. The van der Waals surface area contributed by atoms with Gasteiger partial charge in [-0.3, -0.25) is 24.6 Å². The predicted octanol–water partition coefficient (Wildman–Crippen LogP) is 3.27. The van der Waals surface area contributed by atoms with Gasteiger partial charge in [0.15, 0.2) is 0 Å². The molecule has 30 heavy (non-hydrogen) atoms. The van der Waals surface area contributed by atoms with Crippen LogP contribution in [0.5, 0.6) is 0 Å². The van der Waals surface area contributed by atoms with Crippen LogP contribution in [0.1, 0.15) is 23.6 Å². The summed E-state index contributed by atoms with van der Waals surface area (Å²) >= 11 is 5.88. The molecular formula is C20H19ClN4O5. The zero-order valence-corrected chi connectivity index (χ0v) is 17.2. The topological polar surface area (TPSA) is 122 Å². The molecule has 1 heterocycles. The smallest absolute Gasteiger partial charge is 0.319 e. The molecule has 2 aromatic carbocycles. The summed E-state index contributed by atoms with van der Waals surface area (Å²) in [5.41, 5.74) is 0.343. The minimum Gasteiger partial charge on any atom is -0.319 e. The van der Waals surface area contributed by atoms with E-state index >= 15 is 0 Å². The molecule has 1 fully saturated rings. The molecule has 0 bridgehead atoms. The summed E-state index contributed by atoms with van der Waals surface area (Å²) in [5.74, 6) is -1.34. The summed E-state index contributed by atoms with van der Waals surface area (Å²) in [6.45, 7) is 4.42. The Balaban J connectivity index is 1.80. The number of halogens is 1. The van der Waals surface area contributed by atoms with Crippen LogP contribution in [0.2, 0.25) is 5.02 Å². The predicted molar refractivity (Wildman–Crippen MR) is 110 cm³/mol. The zero-order valence-electron chi connectivity index (χ0n) is 16.5. The minimum atomic E-state index is -1.35. The van der Waals surface area contributed by atoms with E-state index in [2.05, 4.69) is 10.6 Å². The molecule has 156 valence electrons. The highest BCUT2D eigenvalue weighted by Gasteiger charge is 2.49. The van der Waals surface area contributed by atoms with Crippen LogP contribution >= 0.6 is 11.6 Å². The van der Waals surface area contributed by atoms with Crippen molar-refractivity contribution in [1.82, 2.24) is 10.2 Å². The first-order valence-electron chi connectivity index (χ1n) is 8.98. The van der Waals surface area contributed by atoms with Crippen LogP contribution in [0.15, 0.2) is 36.4 Å². The van der Waals surface area contributed by atoms with Crippen LogP contribution in [0.3, 0.4) is 0 Å². The van der Waals surface area contributed by atoms with Gasteiger partial charge in [0.2, 0.25) is 5.91 Å². The van der Waals surface area contributed by atoms with Gasteiger partial charge in [-0.25, -0.2) is 4.79 Å². The molecule has 10 heteroatoms. The number of imide groups is 1. The maximum atomic E-state index is 12.9. The monoisotopic (exact) mass is 430 g/mol. The summed E-state index contributed by atoms with van der Waals surface area (Å²) in [6, 6.07) is 8.52. The second kappa shape index (κ2) is 7.75. The molecule has 0 spiro atoms. The normalized spacial score (nSPS) is 18.3. The molecule has 2 aromatic rings. The van der Waals surface area contributed by atoms with Crippen molar-refractivity contribution in [2.24, 2.45) is 0 Å². The number of nitro benzene ring substituents is 1. The Morgan fingerprint density at radius 3 is 2.40 bits per heavy atom. The second-order valence-corrected chi connectivity index (χ2v) is 7.65. The number of nitrogens with one attached hydrogen (secondary N) is 2. The highest BCUT2D eigenvalue weighted by molar-refractivity contribution is 6.30. The highest BCUT2D eigenvalue weighted by Crippen LogP contribution is 2.30. The fraction of sp³-hybridized carbons (Fsp3) is 0.250. The van der Waals surface area contributed by atoms with Crippen molar-refractivity contribution in [3.05, 3.63) is 68.2 Å². The Kier molecular flexibility index (Phi) is 5.49. The Morgan fingerprint density at radius 2 is 1.80 bits per heavy atom. The summed E-state index contributed by atoms with van der Waals surface area (Å²) < 4.78 is 0. The molecule has 0 radical (unpaired) electrons. The van der Waals surface area contributed by atoms with Crippen molar-refractivity contribution >= 4 is 40.8 Å². The number of carbonyl (C=O) groups excluding carboxylic acids is 3. The van der Waals surface area contributed by atoms with Crippen LogP contribution < -0.4 is 10.6 Å². The molecule has 0 aromatic heterocycles. The Hall–Kier alpha value is -3.46. The van der Waals surface area contributed by atoms with Crippen LogP contribution in [-0.4, -0.2) is 34.2 Å². The minimum absolute atomic E-state index is 0.000571. The van der Waals surface area contributed by atoms with Crippen molar-refractivity contribution in [2.75, 3.05) is 11.9 Å². The number of amides is 4. The van der Waals surface area contributed by atoms with Crippen molar-refractivity contribution in [3.63, 3.8) is 0 Å². The molecule has 1 unspecified atom stereocenters. The zero-order chi connectivity index (χ0) is 22.2. The van der Waals surface area contributed by atoms with Gasteiger partial charge in [0.25, 0.3) is 11.6 Å². The first-order chi connectivity index (χ1) is 14.0. The molecule has 3 rings (SSSR count). The van der Waals surface area contributed by atoms with E-state index in [1.807, 2.05) is 0 Å². The van der Waals surface area contributed by atoms with Gasteiger partial charge in [0, 0.05) is 11.1 Å². The van der Waals surface area contributed by atoms with Gasteiger partial charge in [0.05, 0.1) is 4.92 Å². The fourth-order valence-corrected chi connectivity index (χ4v) is 3.33. The number of aryl methyl sites for hydroxylation is 2. The summed E-state index contributed by atoms with van der Waals surface area (Å²) in [7, 11) is 0. The van der Waals surface area contributed by atoms with Crippen molar-refractivity contribution in [1.29, 1.82) is 0 Å². The number of carbonyl (C=O) groups is 3. The molecule has 1 aliphatic rings. The lowest BCUT2D eigenvalue weighted by Crippen LogP contribution is -2.42. The molecule has 1 saturated heterocycles. The van der Waals surface area contributed by atoms with Gasteiger partial charge in [-0.1, -0.05) is 23.7 Å². The number of hydrogen-bond donors (Lipinski definition) is 2. The number of nitrogens with zero attached hydrogens (tertiary/aromatic N) is 2. The van der Waals surface area contributed by atoms with Crippen molar-refractivity contribution < 1.29 is 19.3 Å². The van der Waals surface area contributed by atoms with E-state index in [0.717, 1.165) is 10.5 Å². The van der Waals surface area contributed by atoms with E-state index in [9.17, 15) is 24.5 Å². The molecule has 4 amide bonds. The van der Waals surface area contributed by atoms with E-state index in [1.54, 1.807) is 38.1 Å². The molecular weight excluding hydrogens is 412 g/mol. The summed E-state index contributed by atoms with van der Waals surface area (Å²) in [6.07, 6.45) is 0. The second-order valence-electron chi connectivity index (χ2n) is 7.21. The average Bonchev–Trinajstić information content (AvgIpc) is 2.88. The average molecular weight is 431 g/mol. The quantitative estimate of drug-likeness (QED) is 0.428. The standard InChI is InChI=1S/C20H19ClN4O5/c1-11-8-15(16(25(29)30)9-12(11)2)22-17(26)10-24-18(27)20(3,23-19(24)28)13-4-6-14(21)7-5-13/h4-9H,10H2,1-3H3,(H,22,26)(H,23,28). The van der Waals surface area contributed by atoms with Gasteiger partial charge < -0.3 is 10.6 Å². The Morgan fingerprint density at radius 1 is 1.20 bits per heavy atom. The van der Waals surface area contributed by atoms with Gasteiger partial charge in [-0.05, 0) is 55.7 Å². The number of rotatable bonds is 5. The van der Waals surface area contributed by atoms with E-state index in [0.29, 0.717) is 16.1 Å². The Labute approximate surface area is 177 Å². The largest absolute Gasteiger partial charge is 0.325 e. The van der Waals surface area contributed by atoms with E-state index in [1.165, 1.54) is 19.1 Å². The van der Waals surface area contributed by atoms with E-state index in [4.69, 9.17) is 11.6 Å². The summed E-state index contributed by atoms with van der Waals surface area (Å²) in [4.78, 5) is 49.3. The summed E-state index contributed by atoms with van der Waals surface area (Å²) in [5, 5.41) is 16.8. The first-order valence-corrected chi connectivity index (χ1v) is 9.36. The fourth-order valence-electron chi connectivity index (χ4n) is 3.20. The third kappa shape index (κ3) is 3.84. The molecule has 1 atom stereocenters. The third-order valence-electron chi connectivity index (χ3n) is 5.08. The highest BCUT2D eigenvalue weighted by atomic mass is 35.5. The van der Waals surface area contributed by atoms with Gasteiger partial charge >= 0.3 is 6.03 Å². The van der Waals surface area contributed by atoms with Crippen LogP contribution in [-0.2, 0) is 15.1 Å². The van der Waals surface area contributed by atoms with E-state index < -0.39 is 34.9 Å².